The normalized spacial score (nSPS) is 14.8. The summed E-state index contributed by atoms with van der Waals surface area (Å²) < 4.78 is 57.2. The van der Waals surface area contributed by atoms with Gasteiger partial charge in [-0.05, 0) is 42.3 Å². The van der Waals surface area contributed by atoms with Gasteiger partial charge in [-0.3, -0.25) is 9.69 Å². The lowest BCUT2D eigenvalue weighted by Gasteiger charge is -2.19. The summed E-state index contributed by atoms with van der Waals surface area (Å²) in [6.45, 7) is 1.96. The van der Waals surface area contributed by atoms with Gasteiger partial charge in [-0.15, -0.1) is 18.3 Å². The maximum absolute atomic E-state index is 14.8. The minimum Gasteiger partial charge on any atom is -0.406 e. The molecule has 0 bridgehead atoms. The van der Waals surface area contributed by atoms with Crippen LogP contribution in [0.4, 0.5) is 28.0 Å². The summed E-state index contributed by atoms with van der Waals surface area (Å²) in [5.74, 6) is -0.862. The summed E-state index contributed by atoms with van der Waals surface area (Å²) in [5, 5.41) is 6.82. The van der Waals surface area contributed by atoms with Gasteiger partial charge in [0.2, 0.25) is 5.91 Å². The molecular formula is C29H22F4N6O3S. The predicted molar refractivity (Wildman–Crippen MR) is 154 cm³/mol. The van der Waals surface area contributed by atoms with Crippen molar-refractivity contribution in [2.45, 2.75) is 19.7 Å². The average Bonchev–Trinajstić information content (AvgIpc) is 3.62. The van der Waals surface area contributed by atoms with Crippen LogP contribution < -0.4 is 15.0 Å². The first-order chi connectivity index (χ1) is 20.6. The van der Waals surface area contributed by atoms with E-state index in [9.17, 15) is 27.2 Å². The molecule has 9 nitrogen and oxygen atoms in total. The summed E-state index contributed by atoms with van der Waals surface area (Å²) in [7, 11) is 0. The number of alkyl halides is 3. The van der Waals surface area contributed by atoms with Crippen molar-refractivity contribution in [3.05, 3.63) is 96.5 Å². The van der Waals surface area contributed by atoms with Crippen LogP contribution in [0.15, 0.2) is 90.3 Å². The maximum atomic E-state index is 14.8. The number of benzene rings is 3. The molecule has 1 aliphatic rings. The average molecular weight is 611 g/mol. The number of aromatic nitrogens is 3. The third-order valence-corrected chi connectivity index (χ3v) is 7.07. The van der Waals surface area contributed by atoms with E-state index in [1.165, 1.54) is 40.2 Å². The minimum atomic E-state index is -4.79. The Bertz CT molecular complexity index is 1700. The van der Waals surface area contributed by atoms with Crippen molar-refractivity contribution in [2.24, 2.45) is 4.99 Å². The smallest absolute Gasteiger partial charge is 0.406 e. The van der Waals surface area contributed by atoms with Crippen LogP contribution in [0.1, 0.15) is 18.1 Å². The highest BCUT2D eigenvalue weighted by atomic mass is 32.2. The second kappa shape index (κ2) is 12.5. The Morgan fingerprint density at radius 2 is 1.81 bits per heavy atom. The fourth-order valence-corrected chi connectivity index (χ4v) is 4.99. The standard InChI is InChI=1S/C29H22F4N6O3S/c1-2-18-5-3-4-6-24(18)39-25(40)16-43-28(39)36-27(41)34-15-23(30)19-7-9-20(10-8-19)26-35-17-38(37-26)21-11-13-22(14-12-21)42-29(31,32)33/h3-15,17H,2,16H2,1H3,(H,34,41)/b23-15-,36-28?. The second-order valence-corrected chi connectivity index (χ2v) is 9.91. The molecule has 0 unspecified atom stereocenters. The first kappa shape index (κ1) is 29.5. The first-order valence-corrected chi connectivity index (χ1v) is 13.8. The highest BCUT2D eigenvalue weighted by Gasteiger charge is 2.32. The third kappa shape index (κ3) is 7.09. The lowest BCUT2D eigenvalue weighted by Crippen LogP contribution is -2.31. The van der Waals surface area contributed by atoms with Crippen LogP contribution in [0, 0.1) is 0 Å². The number of rotatable bonds is 7. The number of carbonyl (C=O) groups excluding carboxylic acids is 2. The number of amides is 3. The van der Waals surface area contributed by atoms with Crippen LogP contribution in [0.5, 0.6) is 5.75 Å². The van der Waals surface area contributed by atoms with Gasteiger partial charge >= 0.3 is 12.4 Å². The molecule has 1 saturated heterocycles. The molecule has 0 radical (unpaired) electrons. The lowest BCUT2D eigenvalue weighted by molar-refractivity contribution is -0.274. The van der Waals surface area contributed by atoms with Crippen molar-refractivity contribution in [3.63, 3.8) is 0 Å². The molecule has 0 spiro atoms. The highest BCUT2D eigenvalue weighted by molar-refractivity contribution is 8.15. The largest absolute Gasteiger partial charge is 0.573 e. The number of hydrogen-bond donors (Lipinski definition) is 1. The molecule has 1 fully saturated rings. The lowest BCUT2D eigenvalue weighted by atomic mass is 10.1. The molecule has 1 aromatic heterocycles. The van der Waals surface area contributed by atoms with Crippen LogP contribution >= 0.6 is 11.8 Å². The molecule has 5 rings (SSSR count). The number of nitrogens with one attached hydrogen (secondary N) is 1. The van der Waals surface area contributed by atoms with Gasteiger partial charge < -0.3 is 10.1 Å². The van der Waals surface area contributed by atoms with Crippen molar-refractivity contribution in [1.82, 2.24) is 20.1 Å². The summed E-state index contributed by atoms with van der Waals surface area (Å²) in [6, 6.07) is 17.7. The zero-order chi connectivity index (χ0) is 30.6. The minimum absolute atomic E-state index is 0.136. The number of amidine groups is 1. The number of hydrogen-bond acceptors (Lipinski definition) is 6. The van der Waals surface area contributed by atoms with Gasteiger partial charge in [0, 0.05) is 17.3 Å². The maximum Gasteiger partial charge on any atom is 0.573 e. The van der Waals surface area contributed by atoms with E-state index in [1.54, 1.807) is 24.3 Å². The van der Waals surface area contributed by atoms with E-state index in [0.717, 1.165) is 35.7 Å². The number of carbonyl (C=O) groups is 2. The Kier molecular flexibility index (Phi) is 8.57. The molecular weight excluding hydrogens is 588 g/mol. The van der Waals surface area contributed by atoms with Crippen molar-refractivity contribution < 1.29 is 31.9 Å². The summed E-state index contributed by atoms with van der Waals surface area (Å²) in [5.41, 5.74) is 2.76. The monoisotopic (exact) mass is 610 g/mol. The molecule has 1 N–H and O–H groups in total. The van der Waals surface area contributed by atoms with E-state index in [0.29, 0.717) is 29.2 Å². The number of aryl methyl sites for hydroxylation is 1. The zero-order valence-corrected chi connectivity index (χ0v) is 23.2. The molecule has 220 valence electrons. The summed E-state index contributed by atoms with van der Waals surface area (Å²) in [4.78, 5) is 34.6. The van der Waals surface area contributed by atoms with Crippen LogP contribution in [0.25, 0.3) is 22.9 Å². The molecule has 1 aliphatic heterocycles. The number of urea groups is 1. The molecule has 3 amide bonds. The number of ether oxygens (including phenoxy) is 1. The van der Waals surface area contributed by atoms with E-state index in [2.05, 4.69) is 25.1 Å². The van der Waals surface area contributed by atoms with Crippen LogP contribution in [-0.4, -0.2) is 44.0 Å². The van der Waals surface area contributed by atoms with Gasteiger partial charge in [-0.1, -0.05) is 61.2 Å². The number of para-hydroxylation sites is 1. The molecule has 3 aromatic carbocycles. The molecule has 0 aliphatic carbocycles. The number of nitrogens with zero attached hydrogens (tertiary/aromatic N) is 5. The van der Waals surface area contributed by atoms with E-state index >= 15 is 0 Å². The summed E-state index contributed by atoms with van der Waals surface area (Å²) in [6.07, 6.45) is -1.83. The van der Waals surface area contributed by atoms with Crippen molar-refractivity contribution in [1.29, 1.82) is 0 Å². The number of aliphatic imine (C=N–C) groups is 1. The van der Waals surface area contributed by atoms with Gasteiger partial charge in [-0.2, -0.15) is 4.99 Å². The fraction of sp³-hybridized carbons (Fsp3) is 0.138. The van der Waals surface area contributed by atoms with E-state index < -0.39 is 18.2 Å². The van der Waals surface area contributed by atoms with Crippen molar-refractivity contribution in [2.75, 3.05) is 10.7 Å². The Morgan fingerprint density at radius 1 is 1.09 bits per heavy atom. The van der Waals surface area contributed by atoms with E-state index in [-0.39, 0.29) is 28.1 Å². The van der Waals surface area contributed by atoms with Crippen molar-refractivity contribution in [3.8, 4) is 22.8 Å². The predicted octanol–water partition coefficient (Wildman–Crippen LogP) is 6.51. The number of anilines is 1. The van der Waals surface area contributed by atoms with Crippen LogP contribution in [0.3, 0.4) is 0 Å². The fourth-order valence-electron chi connectivity index (χ4n) is 4.14. The van der Waals surface area contributed by atoms with Gasteiger partial charge in [0.15, 0.2) is 11.0 Å². The Morgan fingerprint density at radius 3 is 2.51 bits per heavy atom. The number of halogens is 4. The van der Waals surface area contributed by atoms with Crippen molar-refractivity contribution >= 4 is 40.4 Å². The molecule has 43 heavy (non-hydrogen) atoms. The van der Waals surface area contributed by atoms with Gasteiger partial charge in [0.1, 0.15) is 17.9 Å². The highest BCUT2D eigenvalue weighted by Crippen LogP contribution is 2.30. The van der Waals surface area contributed by atoms with Gasteiger partial charge in [0.25, 0.3) is 0 Å². The molecule has 4 aromatic rings. The number of thioether (sulfide) groups is 1. The summed E-state index contributed by atoms with van der Waals surface area (Å²) >= 11 is 1.12. The zero-order valence-electron chi connectivity index (χ0n) is 22.4. The third-order valence-electron chi connectivity index (χ3n) is 6.14. The van der Waals surface area contributed by atoms with E-state index in [4.69, 9.17) is 0 Å². The molecule has 0 saturated carbocycles. The van der Waals surface area contributed by atoms with Gasteiger partial charge in [-0.25, -0.2) is 18.9 Å². The molecule has 2 heterocycles. The van der Waals surface area contributed by atoms with Crippen LogP contribution in [0.2, 0.25) is 0 Å². The van der Waals surface area contributed by atoms with E-state index in [1.807, 2.05) is 19.1 Å². The topological polar surface area (TPSA) is 102 Å². The second-order valence-electron chi connectivity index (χ2n) is 8.97. The Balaban J connectivity index is 1.23. The Hall–Kier alpha value is -4.98. The quantitative estimate of drug-likeness (QED) is 0.240. The SMILES string of the molecule is CCc1ccccc1N1C(=O)CSC1=NC(=O)N/C=C(\F)c1ccc(-c2ncn(-c3ccc(OC(F)(F)F)cc3)n2)cc1. The molecule has 14 heteroatoms. The van der Waals surface area contributed by atoms with Gasteiger partial charge in [0.05, 0.1) is 17.1 Å². The first-order valence-electron chi connectivity index (χ1n) is 12.8. The van der Waals surface area contributed by atoms with Crippen LogP contribution in [-0.2, 0) is 11.2 Å². The molecule has 0 atom stereocenters. The Labute approximate surface area is 246 Å².